The van der Waals surface area contributed by atoms with E-state index in [1.54, 1.807) is 6.92 Å². The van der Waals surface area contributed by atoms with E-state index < -0.39 is 6.10 Å². The highest BCUT2D eigenvalue weighted by atomic mass is 79.9. The highest BCUT2D eigenvalue weighted by molar-refractivity contribution is 9.11. The number of hydrogen-bond acceptors (Lipinski definition) is 2. The van der Waals surface area contributed by atoms with Crippen molar-refractivity contribution in [1.29, 1.82) is 0 Å². The zero-order valence-corrected chi connectivity index (χ0v) is 10.5. The van der Waals surface area contributed by atoms with Crippen LogP contribution in [0, 0.1) is 6.92 Å². The molecule has 0 unspecified atom stereocenters. The van der Waals surface area contributed by atoms with Crippen LogP contribution in [0.25, 0.3) is 0 Å². The van der Waals surface area contributed by atoms with Gasteiger partial charge in [-0.15, -0.1) is 0 Å². The minimum absolute atomic E-state index is 0.406. The molecule has 0 saturated heterocycles. The van der Waals surface area contributed by atoms with Crippen LogP contribution in [0.3, 0.4) is 0 Å². The van der Waals surface area contributed by atoms with Crippen molar-refractivity contribution in [3.05, 3.63) is 40.4 Å². The lowest BCUT2D eigenvalue weighted by molar-refractivity contribution is 0.193. The maximum atomic E-state index is 9.58. The third-order valence-corrected chi connectivity index (χ3v) is 2.23. The summed E-state index contributed by atoms with van der Waals surface area (Å²) in [6, 6.07) is 5.75. The molecular weight excluding hydrogens is 256 g/mol. The summed E-state index contributed by atoms with van der Waals surface area (Å²) in [5, 5.41) is 9.58. The van der Waals surface area contributed by atoms with Gasteiger partial charge in [0.1, 0.15) is 12.4 Å². The van der Waals surface area contributed by atoms with Gasteiger partial charge in [-0.25, -0.2) is 0 Å². The Morgan fingerprint density at radius 2 is 2.27 bits per heavy atom. The molecule has 1 atom stereocenters. The molecule has 0 aliphatic heterocycles. The summed E-state index contributed by atoms with van der Waals surface area (Å²) in [5.74, 6) is 0.705. The molecule has 2 nitrogen and oxygen atoms in total. The fourth-order valence-corrected chi connectivity index (χ4v) is 1.40. The predicted molar refractivity (Wildman–Crippen MR) is 65.4 cm³/mol. The van der Waals surface area contributed by atoms with Crippen molar-refractivity contribution in [1.82, 2.24) is 0 Å². The molecule has 1 aromatic carbocycles. The van der Waals surface area contributed by atoms with Crippen LogP contribution in [0.1, 0.15) is 24.2 Å². The molecule has 0 fully saturated rings. The van der Waals surface area contributed by atoms with Crippen molar-refractivity contribution < 1.29 is 9.84 Å². The van der Waals surface area contributed by atoms with Crippen LogP contribution in [-0.2, 0) is 0 Å². The number of aryl methyl sites for hydroxylation is 1. The monoisotopic (exact) mass is 270 g/mol. The topological polar surface area (TPSA) is 29.5 Å². The molecule has 82 valence electrons. The highest BCUT2D eigenvalue weighted by Crippen LogP contribution is 2.26. The standard InChI is InChI=1S/C12H15BrO2/c1-8-4-5-12(15-7-9(2)13)11(6-8)10(3)14/h4-6,10,14H,2,7H2,1,3H3/t10-/m1/s1. The number of halogens is 1. The lowest BCUT2D eigenvalue weighted by Gasteiger charge is -2.13. The summed E-state index contributed by atoms with van der Waals surface area (Å²) >= 11 is 3.23. The minimum Gasteiger partial charge on any atom is -0.488 e. The smallest absolute Gasteiger partial charge is 0.125 e. The van der Waals surface area contributed by atoms with Crippen molar-refractivity contribution in [2.24, 2.45) is 0 Å². The first-order chi connectivity index (χ1) is 7.00. The number of ether oxygens (including phenoxy) is 1. The van der Waals surface area contributed by atoms with Crippen LogP contribution in [0.5, 0.6) is 5.75 Å². The summed E-state index contributed by atoms with van der Waals surface area (Å²) in [5.41, 5.74) is 1.92. The molecule has 0 bridgehead atoms. The van der Waals surface area contributed by atoms with E-state index in [0.717, 1.165) is 15.6 Å². The third kappa shape index (κ3) is 3.68. The van der Waals surface area contributed by atoms with Crippen molar-refractivity contribution in [3.8, 4) is 5.75 Å². The highest BCUT2D eigenvalue weighted by Gasteiger charge is 2.09. The lowest BCUT2D eigenvalue weighted by atomic mass is 10.1. The summed E-state index contributed by atoms with van der Waals surface area (Å²) in [7, 11) is 0. The summed E-state index contributed by atoms with van der Waals surface area (Å²) < 4.78 is 6.29. The maximum absolute atomic E-state index is 9.58. The first-order valence-corrected chi connectivity index (χ1v) is 5.54. The van der Waals surface area contributed by atoms with E-state index in [1.165, 1.54) is 0 Å². The molecular formula is C12H15BrO2. The summed E-state index contributed by atoms with van der Waals surface area (Å²) in [4.78, 5) is 0. The van der Waals surface area contributed by atoms with Gasteiger partial charge in [0.15, 0.2) is 0 Å². The molecule has 1 N–H and O–H groups in total. The van der Waals surface area contributed by atoms with Gasteiger partial charge in [-0.2, -0.15) is 0 Å². The molecule has 0 spiro atoms. The normalized spacial score (nSPS) is 12.3. The summed E-state index contributed by atoms with van der Waals surface area (Å²) in [6.07, 6.45) is -0.525. The Balaban J connectivity index is 2.90. The Morgan fingerprint density at radius 1 is 1.60 bits per heavy atom. The van der Waals surface area contributed by atoms with E-state index >= 15 is 0 Å². The second-order valence-electron chi connectivity index (χ2n) is 3.52. The maximum Gasteiger partial charge on any atom is 0.125 e. The molecule has 0 aliphatic carbocycles. The SMILES string of the molecule is C=C(Br)COc1ccc(C)cc1[C@@H](C)O. The Kier molecular flexibility index (Phi) is 4.36. The van der Waals surface area contributed by atoms with Gasteiger partial charge in [0.2, 0.25) is 0 Å². The van der Waals surface area contributed by atoms with Crippen LogP contribution in [0.4, 0.5) is 0 Å². The Morgan fingerprint density at radius 3 is 2.80 bits per heavy atom. The minimum atomic E-state index is -0.525. The number of hydrogen-bond donors (Lipinski definition) is 1. The Hall–Kier alpha value is -0.800. The zero-order valence-electron chi connectivity index (χ0n) is 8.96. The predicted octanol–water partition coefficient (Wildman–Crippen LogP) is 3.34. The van der Waals surface area contributed by atoms with E-state index in [1.807, 2.05) is 25.1 Å². The number of benzene rings is 1. The molecule has 0 aliphatic rings. The molecule has 0 saturated carbocycles. The van der Waals surface area contributed by atoms with Crippen molar-refractivity contribution in [2.75, 3.05) is 6.61 Å². The number of aliphatic hydroxyl groups is 1. The van der Waals surface area contributed by atoms with Gasteiger partial charge in [-0.1, -0.05) is 34.1 Å². The van der Waals surface area contributed by atoms with Gasteiger partial charge in [0.25, 0.3) is 0 Å². The molecule has 0 radical (unpaired) electrons. The molecule has 15 heavy (non-hydrogen) atoms. The van der Waals surface area contributed by atoms with Crippen LogP contribution in [0.2, 0.25) is 0 Å². The number of aliphatic hydroxyl groups excluding tert-OH is 1. The third-order valence-electron chi connectivity index (χ3n) is 2.00. The molecule has 0 heterocycles. The molecule has 3 heteroatoms. The van der Waals surface area contributed by atoms with Crippen LogP contribution in [-0.4, -0.2) is 11.7 Å². The fourth-order valence-electron chi connectivity index (χ4n) is 1.28. The quantitative estimate of drug-likeness (QED) is 0.910. The van der Waals surface area contributed by atoms with E-state index in [-0.39, 0.29) is 0 Å². The van der Waals surface area contributed by atoms with Crippen LogP contribution >= 0.6 is 15.9 Å². The van der Waals surface area contributed by atoms with Gasteiger partial charge in [0.05, 0.1) is 6.10 Å². The largest absolute Gasteiger partial charge is 0.488 e. The van der Waals surface area contributed by atoms with E-state index in [0.29, 0.717) is 12.4 Å². The van der Waals surface area contributed by atoms with Crippen molar-refractivity contribution in [3.63, 3.8) is 0 Å². The van der Waals surface area contributed by atoms with Crippen molar-refractivity contribution in [2.45, 2.75) is 20.0 Å². The summed E-state index contributed by atoms with van der Waals surface area (Å²) in [6.45, 7) is 7.81. The first kappa shape index (κ1) is 12.3. The second kappa shape index (κ2) is 5.33. The first-order valence-electron chi connectivity index (χ1n) is 4.75. The molecule has 0 aromatic heterocycles. The second-order valence-corrected chi connectivity index (χ2v) is 4.64. The molecule has 1 rings (SSSR count). The average Bonchev–Trinajstić information content (AvgIpc) is 2.15. The van der Waals surface area contributed by atoms with Crippen LogP contribution < -0.4 is 4.74 Å². The Bertz CT molecular complexity index is 359. The van der Waals surface area contributed by atoms with Gasteiger partial charge in [-0.3, -0.25) is 0 Å². The van der Waals surface area contributed by atoms with Gasteiger partial charge >= 0.3 is 0 Å². The van der Waals surface area contributed by atoms with Crippen LogP contribution in [0.15, 0.2) is 29.3 Å². The zero-order chi connectivity index (χ0) is 11.4. The molecule has 0 amide bonds. The van der Waals surface area contributed by atoms with E-state index in [4.69, 9.17) is 4.74 Å². The van der Waals surface area contributed by atoms with Crippen molar-refractivity contribution >= 4 is 15.9 Å². The van der Waals surface area contributed by atoms with Gasteiger partial charge in [-0.05, 0) is 26.0 Å². The average molecular weight is 271 g/mol. The van der Waals surface area contributed by atoms with E-state index in [9.17, 15) is 5.11 Å². The lowest BCUT2D eigenvalue weighted by Crippen LogP contribution is -2.02. The van der Waals surface area contributed by atoms with Gasteiger partial charge < -0.3 is 9.84 Å². The van der Waals surface area contributed by atoms with Gasteiger partial charge in [0, 0.05) is 10.0 Å². The fraction of sp³-hybridized carbons (Fsp3) is 0.333. The Labute approximate surface area is 98.7 Å². The molecule has 1 aromatic rings. The number of rotatable bonds is 4. The van der Waals surface area contributed by atoms with E-state index in [2.05, 4.69) is 22.5 Å².